The molecule has 0 saturated heterocycles. The first-order valence-electron chi connectivity index (χ1n) is 8.48. The Hall–Kier alpha value is -1.70. The molecule has 1 heterocycles. The lowest BCUT2D eigenvalue weighted by molar-refractivity contribution is -0.137. The molecule has 0 bridgehead atoms. The summed E-state index contributed by atoms with van der Waals surface area (Å²) >= 11 is 5.97. The molecule has 0 unspecified atom stereocenters. The third-order valence-corrected chi connectivity index (χ3v) is 5.55. The molecule has 0 fully saturated rings. The van der Waals surface area contributed by atoms with Gasteiger partial charge in [0.15, 0.2) is 0 Å². The monoisotopic (exact) mass is 398 g/mol. The van der Waals surface area contributed by atoms with Gasteiger partial charge in [-0.3, -0.25) is 9.78 Å². The molecule has 26 heavy (non-hydrogen) atoms. The van der Waals surface area contributed by atoms with Crippen LogP contribution in [-0.4, -0.2) is 41.6 Å². The number of aromatic nitrogens is 1. The molecule has 2 aromatic rings. The summed E-state index contributed by atoms with van der Waals surface area (Å²) in [6.45, 7) is 0.610. The molecular formula is C18H23ClN2O4S. The highest BCUT2D eigenvalue weighted by molar-refractivity contribution is 7.88. The van der Waals surface area contributed by atoms with E-state index in [2.05, 4.69) is 4.98 Å². The van der Waals surface area contributed by atoms with Crippen molar-refractivity contribution in [3.05, 3.63) is 41.0 Å². The van der Waals surface area contributed by atoms with E-state index in [0.29, 0.717) is 30.1 Å². The maximum absolute atomic E-state index is 12.1. The number of carboxylic acid groups (broad SMARTS) is 1. The van der Waals surface area contributed by atoms with E-state index in [1.807, 2.05) is 24.3 Å². The largest absolute Gasteiger partial charge is 0.481 e. The van der Waals surface area contributed by atoms with Crippen LogP contribution >= 0.6 is 11.6 Å². The fourth-order valence-electron chi connectivity index (χ4n) is 2.69. The molecule has 0 spiro atoms. The van der Waals surface area contributed by atoms with E-state index in [0.717, 1.165) is 23.7 Å². The van der Waals surface area contributed by atoms with Crippen LogP contribution in [0, 0.1) is 0 Å². The van der Waals surface area contributed by atoms with Crippen LogP contribution in [0.5, 0.6) is 0 Å². The van der Waals surface area contributed by atoms with Crippen LogP contribution in [0.4, 0.5) is 0 Å². The number of fused-ring (bicyclic) bond motifs is 1. The van der Waals surface area contributed by atoms with Crippen molar-refractivity contribution in [3.63, 3.8) is 0 Å². The normalized spacial score (nSPS) is 12.0. The first-order chi connectivity index (χ1) is 12.3. The minimum Gasteiger partial charge on any atom is -0.481 e. The molecule has 0 radical (unpaired) electrons. The summed E-state index contributed by atoms with van der Waals surface area (Å²) in [5.74, 6) is -0.800. The second kappa shape index (κ2) is 9.30. The highest BCUT2D eigenvalue weighted by Crippen LogP contribution is 2.19. The van der Waals surface area contributed by atoms with Crippen LogP contribution in [0.3, 0.4) is 0 Å². The van der Waals surface area contributed by atoms with Crippen molar-refractivity contribution in [2.24, 2.45) is 0 Å². The zero-order valence-electron chi connectivity index (χ0n) is 14.7. The van der Waals surface area contributed by atoms with Gasteiger partial charge in [0.25, 0.3) is 0 Å². The molecule has 6 nitrogen and oxygen atoms in total. The molecule has 1 N–H and O–H groups in total. The number of unbranched alkanes of at least 4 members (excludes halogenated alkanes) is 3. The van der Waals surface area contributed by atoms with Gasteiger partial charge < -0.3 is 5.11 Å². The number of sulfonamides is 1. The van der Waals surface area contributed by atoms with Crippen molar-refractivity contribution in [2.45, 2.75) is 38.6 Å². The van der Waals surface area contributed by atoms with Gasteiger partial charge in [0.1, 0.15) is 0 Å². The van der Waals surface area contributed by atoms with Crippen LogP contribution in [0.15, 0.2) is 30.3 Å². The molecule has 2 rings (SSSR count). The number of nitrogens with zero attached hydrogens (tertiary/aromatic N) is 2. The molecule has 142 valence electrons. The van der Waals surface area contributed by atoms with E-state index in [1.54, 1.807) is 6.07 Å². The van der Waals surface area contributed by atoms with Crippen molar-refractivity contribution < 1.29 is 18.3 Å². The second-order valence-corrected chi connectivity index (χ2v) is 8.71. The Balaban J connectivity index is 1.97. The maximum atomic E-state index is 12.1. The Morgan fingerprint density at radius 2 is 1.88 bits per heavy atom. The van der Waals surface area contributed by atoms with Gasteiger partial charge >= 0.3 is 5.97 Å². The fourth-order valence-corrected chi connectivity index (χ4v) is 3.70. The van der Waals surface area contributed by atoms with E-state index in [9.17, 15) is 13.2 Å². The first kappa shape index (κ1) is 20.6. The predicted molar refractivity (Wildman–Crippen MR) is 103 cm³/mol. The fraction of sp³-hybridized carbons (Fsp3) is 0.444. The molecular weight excluding hydrogens is 376 g/mol. The summed E-state index contributed by atoms with van der Waals surface area (Å²) < 4.78 is 25.5. The number of benzene rings is 1. The quantitative estimate of drug-likeness (QED) is 0.616. The van der Waals surface area contributed by atoms with Gasteiger partial charge in [-0.2, -0.15) is 4.31 Å². The summed E-state index contributed by atoms with van der Waals surface area (Å²) in [4.78, 5) is 15.0. The minimum atomic E-state index is -3.35. The van der Waals surface area contributed by atoms with E-state index in [1.165, 1.54) is 10.6 Å². The van der Waals surface area contributed by atoms with Crippen molar-refractivity contribution in [1.29, 1.82) is 0 Å². The highest BCUT2D eigenvalue weighted by atomic mass is 35.5. The van der Waals surface area contributed by atoms with Crippen LogP contribution in [0.1, 0.15) is 37.8 Å². The molecule has 0 saturated carbocycles. The number of hydrogen-bond acceptors (Lipinski definition) is 4. The summed E-state index contributed by atoms with van der Waals surface area (Å²) in [5.41, 5.74) is 1.45. The summed E-state index contributed by atoms with van der Waals surface area (Å²) in [5, 5.41) is 10.2. The molecule has 0 amide bonds. The number of halogens is 1. The van der Waals surface area contributed by atoms with Crippen LogP contribution in [0.25, 0.3) is 10.9 Å². The van der Waals surface area contributed by atoms with Crippen molar-refractivity contribution in [3.8, 4) is 0 Å². The number of carboxylic acids is 1. The van der Waals surface area contributed by atoms with Crippen LogP contribution in [-0.2, 0) is 21.4 Å². The highest BCUT2D eigenvalue weighted by Gasteiger charge is 2.17. The van der Waals surface area contributed by atoms with Gasteiger partial charge in [0.05, 0.1) is 24.0 Å². The van der Waals surface area contributed by atoms with Gasteiger partial charge in [-0.1, -0.05) is 30.5 Å². The number of carbonyl (C=O) groups is 1. The molecule has 0 aliphatic heterocycles. The Bertz CT molecular complexity index is 871. The van der Waals surface area contributed by atoms with E-state index < -0.39 is 16.0 Å². The third-order valence-electron chi connectivity index (χ3n) is 4.06. The van der Waals surface area contributed by atoms with Crippen molar-refractivity contribution in [1.82, 2.24) is 9.29 Å². The van der Waals surface area contributed by atoms with Gasteiger partial charge in [-0.25, -0.2) is 8.42 Å². The van der Waals surface area contributed by atoms with Gasteiger partial charge in [-0.05, 0) is 37.1 Å². The predicted octanol–water partition coefficient (Wildman–Crippen LogP) is 3.68. The third kappa shape index (κ3) is 6.55. The van der Waals surface area contributed by atoms with E-state index >= 15 is 0 Å². The zero-order chi connectivity index (χ0) is 19.2. The zero-order valence-corrected chi connectivity index (χ0v) is 16.3. The Morgan fingerprint density at radius 3 is 2.58 bits per heavy atom. The Labute approximate surface area is 158 Å². The lowest BCUT2D eigenvalue weighted by atomic mass is 10.1. The van der Waals surface area contributed by atoms with Gasteiger partial charge in [0.2, 0.25) is 10.0 Å². The maximum Gasteiger partial charge on any atom is 0.303 e. The molecule has 0 atom stereocenters. The van der Waals surface area contributed by atoms with Crippen LogP contribution < -0.4 is 0 Å². The smallest absolute Gasteiger partial charge is 0.303 e. The summed E-state index contributed by atoms with van der Waals surface area (Å²) in [6.07, 6.45) is 4.22. The van der Waals surface area contributed by atoms with Crippen molar-refractivity contribution >= 4 is 38.5 Å². The number of aliphatic carboxylic acids is 1. The molecule has 1 aromatic carbocycles. The topological polar surface area (TPSA) is 87.6 Å². The average molecular weight is 399 g/mol. The second-order valence-electron chi connectivity index (χ2n) is 6.29. The summed E-state index contributed by atoms with van der Waals surface area (Å²) in [7, 11) is -3.35. The lowest BCUT2D eigenvalue weighted by Gasteiger charge is -2.19. The minimum absolute atomic E-state index is 0.154. The van der Waals surface area contributed by atoms with E-state index in [4.69, 9.17) is 16.7 Å². The molecule has 8 heteroatoms. The molecule has 0 aliphatic carbocycles. The van der Waals surface area contributed by atoms with E-state index in [-0.39, 0.29) is 13.0 Å². The number of hydrogen-bond donors (Lipinski definition) is 1. The van der Waals surface area contributed by atoms with Gasteiger partial charge in [0, 0.05) is 23.4 Å². The standard InChI is InChI=1S/C18H23ClN2O4S/c1-26(24,25)21(11-5-3-2-4-6-18(22)23)13-16-9-7-14-12-15(19)8-10-17(14)20-16/h7-10,12H,2-6,11,13H2,1H3,(H,22,23). The lowest BCUT2D eigenvalue weighted by Crippen LogP contribution is -2.30. The molecule has 1 aromatic heterocycles. The SMILES string of the molecule is CS(=O)(=O)N(CCCCCCC(=O)O)Cc1ccc2cc(Cl)ccc2n1. The number of rotatable bonds is 10. The average Bonchev–Trinajstić information content (AvgIpc) is 2.55. The first-order valence-corrected chi connectivity index (χ1v) is 10.7. The number of pyridine rings is 1. The summed E-state index contributed by atoms with van der Waals surface area (Å²) in [6, 6.07) is 9.08. The molecule has 0 aliphatic rings. The van der Waals surface area contributed by atoms with Crippen LogP contribution in [0.2, 0.25) is 5.02 Å². The Kier molecular flexibility index (Phi) is 7.37. The van der Waals surface area contributed by atoms with Crippen molar-refractivity contribution in [2.75, 3.05) is 12.8 Å². The van der Waals surface area contributed by atoms with Gasteiger partial charge in [-0.15, -0.1) is 0 Å². The Morgan fingerprint density at radius 1 is 1.15 bits per heavy atom.